The molecule has 9 heteroatoms. The molecule has 0 saturated carbocycles. The molecule has 8 nitrogen and oxygen atoms in total. The first-order chi connectivity index (χ1) is 16.4. The van der Waals surface area contributed by atoms with Crippen LogP contribution in [0.2, 0.25) is 0 Å². The molecule has 4 rings (SSSR count). The number of Topliss-reactive ketones (excluding diaryl/α,β-unsaturated/α-hetero) is 1. The van der Waals surface area contributed by atoms with Gasteiger partial charge >= 0.3 is 0 Å². The van der Waals surface area contributed by atoms with Crippen molar-refractivity contribution in [3.8, 4) is 5.75 Å². The molecule has 0 aliphatic carbocycles. The van der Waals surface area contributed by atoms with Crippen LogP contribution in [0.3, 0.4) is 0 Å². The van der Waals surface area contributed by atoms with Crippen LogP contribution in [-0.2, 0) is 11.3 Å². The Hall–Kier alpha value is -3.46. The van der Waals surface area contributed by atoms with E-state index in [9.17, 15) is 14.7 Å². The Labute approximate surface area is 202 Å². The minimum Gasteiger partial charge on any atom is -0.503 e. The summed E-state index contributed by atoms with van der Waals surface area (Å²) in [4.78, 5) is 37.3. The van der Waals surface area contributed by atoms with Gasteiger partial charge in [-0.2, -0.15) is 0 Å². The molecule has 3 aromatic rings. The van der Waals surface area contributed by atoms with E-state index >= 15 is 0 Å². The quantitative estimate of drug-likeness (QED) is 0.432. The molecular weight excluding hydrogens is 452 g/mol. The number of ketones is 1. The smallest absolute Gasteiger partial charge is 0.290 e. The lowest BCUT2D eigenvalue weighted by Crippen LogP contribution is -2.33. The third-order valence-electron chi connectivity index (χ3n) is 5.71. The highest BCUT2D eigenvalue weighted by atomic mass is 32.1. The Kier molecular flexibility index (Phi) is 7.12. The van der Waals surface area contributed by atoms with Gasteiger partial charge in [-0.3, -0.25) is 9.59 Å². The van der Waals surface area contributed by atoms with Crippen LogP contribution >= 0.6 is 11.3 Å². The number of ether oxygens (including phenoxy) is 1. The van der Waals surface area contributed by atoms with Crippen molar-refractivity contribution in [1.29, 1.82) is 0 Å². The largest absolute Gasteiger partial charge is 0.503 e. The van der Waals surface area contributed by atoms with Crippen molar-refractivity contribution >= 4 is 23.0 Å². The van der Waals surface area contributed by atoms with E-state index in [0.717, 1.165) is 11.4 Å². The van der Waals surface area contributed by atoms with Crippen molar-refractivity contribution < 1.29 is 19.4 Å². The summed E-state index contributed by atoms with van der Waals surface area (Å²) in [5, 5.41) is 11.7. The van der Waals surface area contributed by atoms with Gasteiger partial charge in [-0.25, -0.2) is 9.97 Å². The lowest BCUT2D eigenvalue weighted by molar-refractivity contribution is -0.129. The molecule has 0 spiro atoms. The lowest BCUT2D eigenvalue weighted by Gasteiger charge is -2.28. The molecule has 0 radical (unpaired) electrons. The summed E-state index contributed by atoms with van der Waals surface area (Å²) in [6.45, 7) is 7.12. The highest BCUT2D eigenvalue weighted by Gasteiger charge is 2.45. The number of aliphatic hydroxyl groups is 1. The average molecular weight is 481 g/mol. The zero-order valence-corrected chi connectivity index (χ0v) is 20.3. The maximum absolute atomic E-state index is 13.7. The topological polar surface area (TPSA) is 97.5 Å². The lowest BCUT2D eigenvalue weighted by atomic mass is 9.94. The third kappa shape index (κ3) is 4.61. The fraction of sp³-hybridized carbons (Fsp3) is 0.360. The van der Waals surface area contributed by atoms with Crippen LogP contribution in [0.15, 0.2) is 54.3 Å². The number of rotatable bonds is 10. The fourth-order valence-corrected chi connectivity index (χ4v) is 5.07. The third-order valence-corrected chi connectivity index (χ3v) is 6.78. The van der Waals surface area contributed by atoms with Gasteiger partial charge in [0.2, 0.25) is 5.78 Å². The van der Waals surface area contributed by atoms with E-state index in [1.54, 1.807) is 24.3 Å². The van der Waals surface area contributed by atoms with Gasteiger partial charge in [0, 0.05) is 31.0 Å². The van der Waals surface area contributed by atoms with Gasteiger partial charge in [-0.15, -0.1) is 11.3 Å². The molecule has 178 valence electrons. The van der Waals surface area contributed by atoms with Crippen LogP contribution in [-0.4, -0.2) is 49.4 Å². The van der Waals surface area contributed by atoms with Crippen molar-refractivity contribution in [2.75, 3.05) is 13.2 Å². The summed E-state index contributed by atoms with van der Waals surface area (Å²) in [5.41, 5.74) is 1.35. The van der Waals surface area contributed by atoms with Crippen LogP contribution in [0.5, 0.6) is 5.75 Å². The van der Waals surface area contributed by atoms with Crippen LogP contribution in [0, 0.1) is 13.8 Å². The first-order valence-electron chi connectivity index (χ1n) is 11.3. The number of hydrogen-bond donors (Lipinski definition) is 1. The molecule has 1 N–H and O–H groups in total. The molecule has 1 aromatic carbocycles. The molecule has 0 fully saturated rings. The number of carbonyl (C=O) groups excluding carboxylic acids is 2. The van der Waals surface area contributed by atoms with E-state index in [2.05, 4.69) is 9.97 Å². The summed E-state index contributed by atoms with van der Waals surface area (Å²) >= 11 is 1.27. The summed E-state index contributed by atoms with van der Waals surface area (Å²) in [7, 11) is 0. The van der Waals surface area contributed by atoms with Gasteiger partial charge in [0.15, 0.2) is 5.76 Å². The number of carbonyl (C=O) groups is 2. The maximum Gasteiger partial charge on any atom is 0.290 e. The van der Waals surface area contributed by atoms with Crippen LogP contribution in [0.25, 0.3) is 0 Å². The molecule has 1 aliphatic heterocycles. The average Bonchev–Trinajstić information content (AvgIpc) is 3.52. The van der Waals surface area contributed by atoms with Crippen LogP contribution in [0.4, 0.5) is 0 Å². The maximum atomic E-state index is 13.7. The molecule has 1 amide bonds. The predicted molar refractivity (Wildman–Crippen MR) is 129 cm³/mol. The second-order valence-electron chi connectivity index (χ2n) is 8.18. The zero-order chi connectivity index (χ0) is 24.2. The van der Waals surface area contributed by atoms with Crippen LogP contribution in [0.1, 0.15) is 51.7 Å². The number of hydrogen-bond acceptors (Lipinski definition) is 7. The van der Waals surface area contributed by atoms with E-state index in [4.69, 9.17) is 4.74 Å². The molecule has 1 unspecified atom stereocenters. The number of thiazole rings is 1. The van der Waals surface area contributed by atoms with Gasteiger partial charge in [0.25, 0.3) is 5.91 Å². The van der Waals surface area contributed by atoms with E-state index in [-0.39, 0.29) is 11.4 Å². The molecule has 2 aromatic heterocycles. The first kappa shape index (κ1) is 23.7. The molecule has 1 aliphatic rings. The Morgan fingerprint density at radius 1 is 1.24 bits per heavy atom. The van der Waals surface area contributed by atoms with Gasteiger partial charge in [0.1, 0.15) is 5.75 Å². The molecule has 3 heterocycles. The van der Waals surface area contributed by atoms with Gasteiger partial charge < -0.3 is 19.3 Å². The number of imidazole rings is 1. The highest BCUT2D eigenvalue weighted by molar-refractivity contribution is 7.14. The Bertz CT molecular complexity index is 1220. The highest BCUT2D eigenvalue weighted by Crippen LogP contribution is 2.43. The van der Waals surface area contributed by atoms with Crippen molar-refractivity contribution in [3.05, 3.63) is 75.5 Å². The Morgan fingerprint density at radius 3 is 2.71 bits per heavy atom. The minimum absolute atomic E-state index is 0.0759. The summed E-state index contributed by atoms with van der Waals surface area (Å²) < 4.78 is 7.89. The molecule has 0 bridgehead atoms. The zero-order valence-electron chi connectivity index (χ0n) is 19.5. The van der Waals surface area contributed by atoms with Gasteiger partial charge in [-0.1, -0.05) is 25.1 Å². The molecular formula is C25H28N4O4S. The number of nitrogens with zero attached hydrogens (tertiary/aromatic N) is 4. The second kappa shape index (κ2) is 10.2. The monoisotopic (exact) mass is 480 g/mol. The number of aromatic nitrogens is 3. The fourth-order valence-electron chi connectivity index (χ4n) is 4.20. The van der Waals surface area contributed by atoms with Crippen molar-refractivity contribution in [2.24, 2.45) is 0 Å². The molecule has 0 saturated heterocycles. The second-order valence-corrected chi connectivity index (χ2v) is 9.38. The number of aliphatic hydroxyl groups excluding tert-OH is 1. The standard InChI is InChI=1S/C25H28N4O4S/c1-4-14-33-19-9-6-5-8-18(19)21-20(22(30)24-16(2)27-17(3)34-24)23(31)25(32)29(21)12-7-11-28-13-10-26-15-28/h5-6,8-10,13,15,21,31H,4,7,11-12,14H2,1-3H3. The van der Waals surface area contributed by atoms with Gasteiger partial charge in [-0.05, 0) is 32.8 Å². The molecule has 34 heavy (non-hydrogen) atoms. The SMILES string of the molecule is CCCOc1ccccc1C1C(C(=O)c2sc(C)nc2C)=C(O)C(=O)N1CCCn1ccnc1. The summed E-state index contributed by atoms with van der Waals surface area (Å²) in [6.07, 6.45) is 6.73. The van der Waals surface area contributed by atoms with Crippen molar-refractivity contribution in [1.82, 2.24) is 19.4 Å². The summed E-state index contributed by atoms with van der Waals surface area (Å²) in [5.74, 6) is -0.836. The Morgan fingerprint density at radius 2 is 2.03 bits per heavy atom. The van der Waals surface area contributed by atoms with E-state index in [0.29, 0.717) is 48.0 Å². The number of benzene rings is 1. The van der Waals surface area contributed by atoms with Crippen molar-refractivity contribution in [2.45, 2.75) is 46.2 Å². The van der Waals surface area contributed by atoms with Crippen LogP contribution < -0.4 is 4.74 Å². The first-order valence-corrected chi connectivity index (χ1v) is 12.1. The predicted octanol–water partition coefficient (Wildman–Crippen LogP) is 4.41. The normalized spacial score (nSPS) is 15.9. The van der Waals surface area contributed by atoms with Gasteiger partial charge in [0.05, 0.1) is 40.1 Å². The number of para-hydroxylation sites is 1. The van der Waals surface area contributed by atoms with Crippen molar-refractivity contribution in [3.63, 3.8) is 0 Å². The number of aryl methyl sites for hydroxylation is 3. The number of amides is 1. The summed E-state index contributed by atoms with van der Waals surface area (Å²) in [6, 6.07) is 6.64. The minimum atomic E-state index is -0.752. The van der Waals surface area contributed by atoms with E-state index in [1.807, 2.05) is 48.9 Å². The Balaban J connectivity index is 1.73. The van der Waals surface area contributed by atoms with E-state index in [1.165, 1.54) is 11.3 Å². The van der Waals surface area contributed by atoms with E-state index < -0.39 is 17.7 Å². The molecule has 1 atom stereocenters.